The Bertz CT molecular complexity index is 1240. The maximum Gasteiger partial charge on any atom is 0.195 e. The molecule has 0 radical (unpaired) electrons. The number of rotatable bonds is 3. The van der Waals surface area contributed by atoms with Crippen molar-refractivity contribution in [2.75, 3.05) is 0 Å². The second-order valence-electron chi connectivity index (χ2n) is 6.45. The van der Waals surface area contributed by atoms with Gasteiger partial charge >= 0.3 is 0 Å². The van der Waals surface area contributed by atoms with Crippen molar-refractivity contribution in [1.82, 2.24) is 4.98 Å². The minimum absolute atomic E-state index is 0.131. The third kappa shape index (κ3) is 3.27. The molecule has 4 nitrogen and oxygen atoms in total. The number of hydrogen-bond donors (Lipinski definition) is 1. The lowest BCUT2D eigenvalue weighted by atomic mass is 10.0. The molecule has 2 unspecified atom stereocenters. The molecule has 0 saturated heterocycles. The van der Waals surface area contributed by atoms with Gasteiger partial charge in [-0.15, -0.1) is 0 Å². The van der Waals surface area contributed by atoms with Crippen molar-refractivity contribution in [1.29, 1.82) is 0 Å². The Morgan fingerprint density at radius 3 is 2.41 bits per heavy atom. The molecule has 4 aromatic rings. The minimum Gasteiger partial charge on any atom is -0.306 e. The monoisotopic (exact) mass is 375 g/mol. The van der Waals surface area contributed by atoms with E-state index in [-0.39, 0.29) is 5.43 Å². The highest BCUT2D eigenvalue weighted by molar-refractivity contribution is 7.79. The summed E-state index contributed by atoms with van der Waals surface area (Å²) in [5, 5.41) is 1.26. The van der Waals surface area contributed by atoms with Gasteiger partial charge in [0.1, 0.15) is 0 Å². The number of nitrogens with zero attached hydrogens (tertiary/aromatic N) is 1. The van der Waals surface area contributed by atoms with E-state index >= 15 is 0 Å². The van der Waals surface area contributed by atoms with Crippen molar-refractivity contribution in [3.05, 3.63) is 88.7 Å². The molecule has 0 spiro atoms. The van der Waals surface area contributed by atoms with Crippen molar-refractivity contribution in [3.63, 3.8) is 0 Å². The van der Waals surface area contributed by atoms with Crippen LogP contribution in [0.2, 0.25) is 0 Å². The predicted molar refractivity (Wildman–Crippen MR) is 110 cm³/mol. The highest BCUT2D eigenvalue weighted by Gasteiger charge is 2.13. The van der Waals surface area contributed by atoms with E-state index in [2.05, 4.69) is 4.98 Å². The van der Waals surface area contributed by atoms with Crippen LogP contribution < -0.4 is 5.43 Å². The first-order valence-corrected chi connectivity index (χ1v) is 9.73. The van der Waals surface area contributed by atoms with E-state index in [1.54, 1.807) is 25.3 Å². The first kappa shape index (κ1) is 17.5. The maximum absolute atomic E-state index is 13.2. The van der Waals surface area contributed by atoms with Crippen LogP contribution in [0, 0.1) is 0 Å². The molecule has 3 aromatic carbocycles. The summed E-state index contributed by atoms with van der Waals surface area (Å²) in [5.41, 5.74) is 3.02. The summed E-state index contributed by atoms with van der Waals surface area (Å²) in [6, 6.07) is 20.7. The lowest BCUT2D eigenvalue weighted by molar-refractivity contribution is 0.554. The van der Waals surface area contributed by atoms with Crippen molar-refractivity contribution in [3.8, 4) is 11.1 Å². The predicted octanol–water partition coefficient (Wildman–Crippen LogP) is 4.70. The topological polar surface area (TPSA) is 67.3 Å². The molecular weight excluding hydrogens is 358 g/mol. The van der Waals surface area contributed by atoms with Crippen molar-refractivity contribution < 1.29 is 8.76 Å². The fraction of sp³-hybridized carbons (Fsp3) is 0.0909. The Morgan fingerprint density at radius 2 is 1.67 bits per heavy atom. The summed E-state index contributed by atoms with van der Waals surface area (Å²) in [4.78, 5) is 17.7. The number of aromatic nitrogens is 1. The quantitative estimate of drug-likeness (QED) is 0.527. The van der Waals surface area contributed by atoms with Gasteiger partial charge in [0.25, 0.3) is 0 Å². The van der Waals surface area contributed by atoms with Gasteiger partial charge in [0, 0.05) is 22.5 Å². The van der Waals surface area contributed by atoms with Crippen LogP contribution in [0.3, 0.4) is 0 Å². The normalized spacial score (nSPS) is 13.6. The van der Waals surface area contributed by atoms with Crippen molar-refractivity contribution in [2.24, 2.45) is 0 Å². The van der Waals surface area contributed by atoms with Gasteiger partial charge < -0.3 is 4.55 Å². The van der Waals surface area contributed by atoms with Gasteiger partial charge in [-0.25, -0.2) is 4.21 Å². The molecule has 0 saturated carbocycles. The molecule has 0 bridgehead atoms. The highest BCUT2D eigenvalue weighted by Crippen LogP contribution is 2.24. The largest absolute Gasteiger partial charge is 0.306 e. The third-order valence-corrected chi connectivity index (χ3v) is 5.66. The van der Waals surface area contributed by atoms with E-state index < -0.39 is 16.3 Å². The Balaban J connectivity index is 2.01. The lowest BCUT2D eigenvalue weighted by Crippen LogP contribution is -2.04. The average molecular weight is 375 g/mol. The zero-order chi connectivity index (χ0) is 19.0. The van der Waals surface area contributed by atoms with Crippen molar-refractivity contribution in [2.45, 2.75) is 12.2 Å². The van der Waals surface area contributed by atoms with Crippen molar-refractivity contribution >= 4 is 32.8 Å². The van der Waals surface area contributed by atoms with Gasteiger partial charge in [0.15, 0.2) is 16.5 Å². The van der Waals surface area contributed by atoms with E-state index in [4.69, 9.17) is 0 Å². The average Bonchev–Trinajstić information content (AvgIpc) is 2.84. The zero-order valence-corrected chi connectivity index (χ0v) is 15.4. The van der Waals surface area contributed by atoms with Gasteiger partial charge in [-0.3, -0.25) is 9.78 Å². The Morgan fingerprint density at radius 1 is 0.926 bits per heavy atom. The number of hydrogen-bond acceptors (Lipinski definition) is 3. The zero-order valence-electron chi connectivity index (χ0n) is 14.6. The molecule has 27 heavy (non-hydrogen) atoms. The molecule has 1 heterocycles. The minimum atomic E-state index is -1.99. The Hall–Kier alpha value is -2.89. The standard InChI is InChI=1S/C22H17NO3S/c1-14(27(25)26)17-8-7-16-9-10-21-20(22(24)19(16)11-17)12-18(13-23-21)15-5-3-2-4-6-15/h2-14H,1H3,(H,25,26). The van der Waals surface area contributed by atoms with Crippen LogP contribution in [-0.2, 0) is 11.1 Å². The van der Waals surface area contributed by atoms with Crippen LogP contribution in [0.25, 0.3) is 32.8 Å². The lowest BCUT2D eigenvalue weighted by Gasteiger charge is -2.07. The van der Waals surface area contributed by atoms with E-state index in [1.165, 1.54) is 0 Å². The molecule has 0 aliphatic heterocycles. The fourth-order valence-electron chi connectivity index (χ4n) is 3.18. The molecule has 0 amide bonds. The SMILES string of the molecule is CC(c1ccc2ccc3ncc(-c4ccccc4)cc3c(=O)c2c1)S(=O)O. The van der Waals surface area contributed by atoms with Crippen LogP contribution in [0.4, 0.5) is 0 Å². The van der Waals surface area contributed by atoms with Crippen LogP contribution in [0.5, 0.6) is 0 Å². The van der Waals surface area contributed by atoms with E-state index in [1.807, 2.05) is 54.6 Å². The Kier molecular flexibility index (Phi) is 4.56. The van der Waals surface area contributed by atoms with E-state index in [0.717, 1.165) is 16.5 Å². The third-order valence-electron chi connectivity index (χ3n) is 4.78. The van der Waals surface area contributed by atoms with E-state index in [0.29, 0.717) is 21.9 Å². The molecular formula is C22H17NO3S. The maximum atomic E-state index is 13.2. The van der Waals surface area contributed by atoms with Gasteiger partial charge in [-0.1, -0.05) is 48.5 Å². The Labute approximate surface area is 158 Å². The fourth-order valence-corrected chi connectivity index (χ4v) is 3.56. The van der Waals surface area contributed by atoms with Gasteiger partial charge in [-0.05, 0) is 41.6 Å². The summed E-state index contributed by atoms with van der Waals surface area (Å²) in [6.45, 7) is 1.66. The van der Waals surface area contributed by atoms with Gasteiger partial charge in [0.2, 0.25) is 0 Å². The molecule has 0 aliphatic carbocycles. The second-order valence-corrected chi connectivity index (χ2v) is 7.71. The summed E-state index contributed by atoms with van der Waals surface area (Å²) >= 11 is -1.99. The van der Waals surface area contributed by atoms with Crippen LogP contribution in [-0.4, -0.2) is 13.7 Å². The first-order chi connectivity index (χ1) is 13.0. The summed E-state index contributed by atoms with van der Waals surface area (Å²) < 4.78 is 20.8. The van der Waals surface area contributed by atoms with Crippen LogP contribution >= 0.6 is 0 Å². The molecule has 1 N–H and O–H groups in total. The van der Waals surface area contributed by atoms with Gasteiger partial charge in [0.05, 0.1) is 10.8 Å². The van der Waals surface area contributed by atoms with Gasteiger partial charge in [-0.2, -0.15) is 0 Å². The number of pyridine rings is 1. The summed E-state index contributed by atoms with van der Waals surface area (Å²) in [7, 11) is 0. The number of benzene rings is 2. The smallest absolute Gasteiger partial charge is 0.195 e. The molecule has 2 atom stereocenters. The molecule has 134 valence electrons. The highest BCUT2D eigenvalue weighted by atomic mass is 32.2. The van der Waals surface area contributed by atoms with Crippen LogP contribution in [0.1, 0.15) is 17.7 Å². The van der Waals surface area contributed by atoms with E-state index in [9.17, 15) is 13.6 Å². The first-order valence-electron chi connectivity index (χ1n) is 8.56. The molecule has 0 fully saturated rings. The molecule has 4 rings (SSSR count). The molecule has 5 heteroatoms. The number of fused-ring (bicyclic) bond motifs is 2. The van der Waals surface area contributed by atoms with Crippen LogP contribution in [0.15, 0.2) is 77.7 Å². The molecule has 0 aliphatic rings. The summed E-state index contributed by atoms with van der Waals surface area (Å²) in [6.07, 6.45) is 1.77. The second kappa shape index (κ2) is 7.02. The molecule has 1 aromatic heterocycles. The summed E-state index contributed by atoms with van der Waals surface area (Å²) in [5.74, 6) is 0.